The number of aliphatic hydroxyl groups is 1. The Kier molecular flexibility index (Phi) is 1.78. The zero-order valence-electron chi connectivity index (χ0n) is 8.39. The molecule has 1 aromatic rings. The standard InChI is InChI=1S/C11H14N2O2/c12-9-5-11(3-7(14)4-11)15-10-6-13-2-1-8(9)10/h1-2,6-7,9,14H,3-5,12H2/t7-,9-,11+/m0/s1. The van der Waals surface area contributed by atoms with Crippen LogP contribution in [0.15, 0.2) is 18.5 Å². The van der Waals surface area contributed by atoms with Crippen molar-refractivity contribution in [3.05, 3.63) is 24.0 Å². The minimum atomic E-state index is -0.227. The van der Waals surface area contributed by atoms with Gasteiger partial charge in [0.05, 0.1) is 12.3 Å². The molecule has 0 saturated heterocycles. The lowest BCUT2D eigenvalue weighted by molar-refractivity contribution is -0.110. The van der Waals surface area contributed by atoms with Crippen LogP contribution in [0, 0.1) is 0 Å². The lowest BCUT2D eigenvalue weighted by atomic mass is 9.71. The van der Waals surface area contributed by atoms with Crippen molar-refractivity contribution in [2.24, 2.45) is 5.73 Å². The number of fused-ring (bicyclic) bond motifs is 1. The molecule has 15 heavy (non-hydrogen) atoms. The average molecular weight is 206 g/mol. The highest BCUT2D eigenvalue weighted by molar-refractivity contribution is 5.36. The molecule has 80 valence electrons. The van der Waals surface area contributed by atoms with Crippen molar-refractivity contribution in [2.45, 2.75) is 37.0 Å². The minimum Gasteiger partial charge on any atom is -0.485 e. The molecule has 1 aromatic heterocycles. The molecule has 1 fully saturated rings. The van der Waals surface area contributed by atoms with Crippen LogP contribution in [0.4, 0.5) is 0 Å². The minimum absolute atomic E-state index is 0.00394. The van der Waals surface area contributed by atoms with Gasteiger partial charge >= 0.3 is 0 Å². The highest BCUT2D eigenvalue weighted by Gasteiger charge is 2.49. The van der Waals surface area contributed by atoms with E-state index in [0.29, 0.717) is 12.8 Å². The summed E-state index contributed by atoms with van der Waals surface area (Å²) in [5.74, 6) is 0.781. The van der Waals surface area contributed by atoms with Crippen LogP contribution in [-0.2, 0) is 0 Å². The lowest BCUT2D eigenvalue weighted by Gasteiger charge is -2.49. The first kappa shape index (κ1) is 9.12. The summed E-state index contributed by atoms with van der Waals surface area (Å²) in [5.41, 5.74) is 6.89. The molecule has 4 nitrogen and oxygen atoms in total. The van der Waals surface area contributed by atoms with Crippen LogP contribution < -0.4 is 10.5 Å². The van der Waals surface area contributed by atoms with Gasteiger partial charge < -0.3 is 15.6 Å². The molecular weight excluding hydrogens is 192 g/mol. The van der Waals surface area contributed by atoms with Crippen LogP contribution in [0.25, 0.3) is 0 Å². The SMILES string of the molecule is N[C@H]1C[C@]2(C[C@H](O)C2)Oc2cnccc21. The van der Waals surface area contributed by atoms with Gasteiger partial charge in [0.1, 0.15) is 11.4 Å². The zero-order chi connectivity index (χ0) is 10.5. The van der Waals surface area contributed by atoms with Crippen LogP contribution in [0.5, 0.6) is 5.75 Å². The van der Waals surface area contributed by atoms with Crippen molar-refractivity contribution in [3.8, 4) is 5.75 Å². The van der Waals surface area contributed by atoms with Crippen molar-refractivity contribution in [1.82, 2.24) is 4.98 Å². The summed E-state index contributed by atoms with van der Waals surface area (Å²) >= 11 is 0. The van der Waals surface area contributed by atoms with Gasteiger partial charge in [-0.2, -0.15) is 0 Å². The first-order chi connectivity index (χ1) is 7.19. The van der Waals surface area contributed by atoms with Crippen LogP contribution in [-0.4, -0.2) is 21.8 Å². The van der Waals surface area contributed by atoms with Crippen molar-refractivity contribution < 1.29 is 9.84 Å². The van der Waals surface area contributed by atoms with E-state index >= 15 is 0 Å². The van der Waals surface area contributed by atoms with E-state index in [2.05, 4.69) is 4.98 Å². The summed E-state index contributed by atoms with van der Waals surface area (Å²) in [4.78, 5) is 4.03. The van der Waals surface area contributed by atoms with Crippen molar-refractivity contribution in [3.63, 3.8) is 0 Å². The Morgan fingerprint density at radius 1 is 1.47 bits per heavy atom. The maximum Gasteiger partial charge on any atom is 0.143 e. The maximum atomic E-state index is 9.36. The van der Waals surface area contributed by atoms with Gasteiger partial charge in [0.2, 0.25) is 0 Å². The molecule has 1 aliphatic heterocycles. The Bertz CT molecular complexity index is 388. The quantitative estimate of drug-likeness (QED) is 0.657. The fourth-order valence-electron chi connectivity index (χ4n) is 2.62. The second-order valence-corrected chi connectivity index (χ2v) is 4.57. The predicted molar refractivity (Wildman–Crippen MR) is 54.4 cm³/mol. The third kappa shape index (κ3) is 1.33. The Morgan fingerprint density at radius 2 is 2.27 bits per heavy atom. The fourth-order valence-corrected chi connectivity index (χ4v) is 2.62. The van der Waals surface area contributed by atoms with Gasteiger partial charge in [0, 0.05) is 37.1 Å². The number of aromatic nitrogens is 1. The van der Waals surface area contributed by atoms with Gasteiger partial charge in [-0.3, -0.25) is 4.98 Å². The molecule has 0 bridgehead atoms. The van der Waals surface area contributed by atoms with E-state index in [0.717, 1.165) is 17.7 Å². The van der Waals surface area contributed by atoms with E-state index in [4.69, 9.17) is 10.5 Å². The monoisotopic (exact) mass is 206 g/mol. The van der Waals surface area contributed by atoms with E-state index in [1.54, 1.807) is 12.4 Å². The lowest BCUT2D eigenvalue weighted by Crippen LogP contribution is -2.55. The van der Waals surface area contributed by atoms with Gasteiger partial charge in [-0.1, -0.05) is 0 Å². The van der Waals surface area contributed by atoms with E-state index < -0.39 is 0 Å². The molecule has 1 spiro atoms. The van der Waals surface area contributed by atoms with Crippen LogP contribution in [0.3, 0.4) is 0 Å². The van der Waals surface area contributed by atoms with E-state index in [1.165, 1.54) is 0 Å². The van der Waals surface area contributed by atoms with E-state index in [1.807, 2.05) is 6.07 Å². The van der Waals surface area contributed by atoms with Crippen LogP contribution in [0.1, 0.15) is 30.9 Å². The van der Waals surface area contributed by atoms with Gasteiger partial charge in [-0.05, 0) is 6.07 Å². The fraction of sp³-hybridized carbons (Fsp3) is 0.545. The smallest absolute Gasteiger partial charge is 0.143 e. The Hall–Kier alpha value is -1.13. The summed E-state index contributed by atoms with van der Waals surface area (Å²) in [7, 11) is 0. The molecule has 2 heterocycles. The number of aliphatic hydroxyl groups excluding tert-OH is 1. The molecule has 1 aliphatic carbocycles. The molecule has 3 N–H and O–H groups in total. The maximum absolute atomic E-state index is 9.36. The number of pyridine rings is 1. The first-order valence-corrected chi connectivity index (χ1v) is 5.25. The summed E-state index contributed by atoms with van der Waals surface area (Å²) in [6.07, 6.45) is 5.39. The van der Waals surface area contributed by atoms with Crippen LogP contribution >= 0.6 is 0 Å². The van der Waals surface area contributed by atoms with Crippen molar-refractivity contribution in [1.29, 1.82) is 0 Å². The summed E-state index contributed by atoms with van der Waals surface area (Å²) < 4.78 is 5.89. The molecule has 4 heteroatoms. The summed E-state index contributed by atoms with van der Waals surface area (Å²) in [5, 5.41) is 9.36. The first-order valence-electron chi connectivity index (χ1n) is 5.25. The molecule has 0 unspecified atom stereocenters. The molecule has 0 radical (unpaired) electrons. The van der Waals surface area contributed by atoms with Gasteiger partial charge in [-0.15, -0.1) is 0 Å². The number of hydrogen-bond donors (Lipinski definition) is 2. The number of nitrogens with zero attached hydrogens (tertiary/aromatic N) is 1. The van der Waals surface area contributed by atoms with Gasteiger partial charge in [0.25, 0.3) is 0 Å². The van der Waals surface area contributed by atoms with Gasteiger partial charge in [0.15, 0.2) is 0 Å². The number of nitrogens with two attached hydrogens (primary N) is 1. The number of hydrogen-bond acceptors (Lipinski definition) is 4. The molecular formula is C11H14N2O2. The molecule has 0 amide bonds. The largest absolute Gasteiger partial charge is 0.485 e. The molecule has 1 saturated carbocycles. The third-order valence-electron chi connectivity index (χ3n) is 3.35. The average Bonchev–Trinajstić information content (AvgIpc) is 2.16. The molecule has 2 aliphatic rings. The predicted octanol–water partition coefficient (Wildman–Crippen LogP) is 0.757. The van der Waals surface area contributed by atoms with E-state index in [-0.39, 0.29) is 17.7 Å². The summed E-state index contributed by atoms with van der Waals surface area (Å²) in [6, 6.07) is 1.91. The normalized spacial score (nSPS) is 38.0. The Morgan fingerprint density at radius 3 is 3.00 bits per heavy atom. The number of rotatable bonds is 0. The second-order valence-electron chi connectivity index (χ2n) is 4.57. The molecule has 3 rings (SSSR count). The van der Waals surface area contributed by atoms with Gasteiger partial charge in [-0.25, -0.2) is 0 Å². The van der Waals surface area contributed by atoms with E-state index in [9.17, 15) is 5.11 Å². The highest BCUT2D eigenvalue weighted by Crippen LogP contribution is 2.47. The Balaban J connectivity index is 1.93. The van der Waals surface area contributed by atoms with Crippen molar-refractivity contribution >= 4 is 0 Å². The molecule has 1 atom stereocenters. The summed E-state index contributed by atoms with van der Waals surface area (Å²) in [6.45, 7) is 0. The number of ether oxygens (including phenoxy) is 1. The van der Waals surface area contributed by atoms with Crippen LogP contribution in [0.2, 0.25) is 0 Å². The Labute approximate surface area is 88.1 Å². The second kappa shape index (κ2) is 2.93. The topological polar surface area (TPSA) is 68.4 Å². The molecule has 0 aromatic carbocycles. The highest BCUT2D eigenvalue weighted by atomic mass is 16.5. The third-order valence-corrected chi connectivity index (χ3v) is 3.35. The zero-order valence-corrected chi connectivity index (χ0v) is 8.39. The van der Waals surface area contributed by atoms with Crippen molar-refractivity contribution in [2.75, 3.05) is 0 Å².